The van der Waals surface area contributed by atoms with E-state index in [9.17, 15) is 13.2 Å². The van der Waals surface area contributed by atoms with Crippen LogP contribution in [0.1, 0.15) is 11.1 Å². The van der Waals surface area contributed by atoms with Crippen LogP contribution >= 0.6 is 0 Å². The second-order valence-electron chi connectivity index (χ2n) is 6.46. The van der Waals surface area contributed by atoms with Gasteiger partial charge in [-0.25, -0.2) is 18.4 Å². The Balaban J connectivity index is 1.80. The lowest BCUT2D eigenvalue weighted by Crippen LogP contribution is -2.13. The Morgan fingerprint density at radius 1 is 1.07 bits per heavy atom. The summed E-state index contributed by atoms with van der Waals surface area (Å²) in [5, 5.41) is 5.94. The smallest absolute Gasteiger partial charge is 0.336 e. The topological polar surface area (TPSA) is 103 Å². The van der Waals surface area contributed by atoms with Crippen LogP contribution in [0, 0.1) is 0 Å². The third-order valence-electron chi connectivity index (χ3n) is 3.95. The lowest BCUT2D eigenvalue weighted by atomic mass is 10.1. The lowest BCUT2D eigenvalue weighted by molar-refractivity contribution is 0.306. The maximum Gasteiger partial charge on any atom is 0.336 e. The minimum atomic E-state index is -3.71. The van der Waals surface area contributed by atoms with Crippen molar-refractivity contribution in [3.05, 3.63) is 70.1 Å². The maximum absolute atomic E-state index is 11.8. The predicted octanol–water partition coefficient (Wildman–Crippen LogP) is 2.08. The molecule has 0 aliphatic carbocycles. The molecule has 7 nitrogen and oxygen atoms in total. The highest BCUT2D eigenvalue weighted by atomic mass is 32.2. The van der Waals surface area contributed by atoms with E-state index in [0.29, 0.717) is 17.9 Å². The number of hydrogen-bond acceptors (Lipinski definition) is 6. The van der Waals surface area contributed by atoms with Crippen molar-refractivity contribution in [1.82, 2.24) is 4.90 Å². The largest absolute Gasteiger partial charge is 0.489 e. The Morgan fingerprint density at radius 3 is 2.41 bits per heavy atom. The van der Waals surface area contributed by atoms with Crippen LogP contribution in [0.25, 0.3) is 11.0 Å². The number of primary sulfonamides is 1. The normalized spacial score (nSPS) is 11.9. The molecule has 0 amide bonds. The van der Waals surface area contributed by atoms with Crippen molar-refractivity contribution in [2.75, 3.05) is 14.1 Å². The van der Waals surface area contributed by atoms with E-state index in [2.05, 4.69) is 0 Å². The zero-order chi connectivity index (χ0) is 19.6. The molecule has 1 aromatic heterocycles. The van der Waals surface area contributed by atoms with Gasteiger partial charge in [0.15, 0.2) is 0 Å². The molecule has 0 bridgehead atoms. The Bertz CT molecular complexity index is 1120. The number of ether oxygens (including phenoxy) is 1. The van der Waals surface area contributed by atoms with Gasteiger partial charge in [0.1, 0.15) is 17.9 Å². The highest BCUT2D eigenvalue weighted by Gasteiger charge is 2.09. The van der Waals surface area contributed by atoms with Crippen molar-refractivity contribution >= 4 is 21.0 Å². The van der Waals surface area contributed by atoms with Gasteiger partial charge in [-0.1, -0.05) is 12.1 Å². The number of nitrogens with two attached hydrogens (primary N) is 1. The Labute approximate surface area is 157 Å². The molecule has 2 aromatic carbocycles. The first-order valence-electron chi connectivity index (χ1n) is 8.18. The fraction of sp³-hybridized carbons (Fsp3) is 0.211. The molecule has 1 heterocycles. The van der Waals surface area contributed by atoms with Crippen molar-refractivity contribution in [3.8, 4) is 5.75 Å². The summed E-state index contributed by atoms with van der Waals surface area (Å²) in [5.41, 5.74) is 1.72. The minimum Gasteiger partial charge on any atom is -0.489 e. The molecule has 3 aromatic rings. The molecular weight excluding hydrogens is 368 g/mol. The summed E-state index contributed by atoms with van der Waals surface area (Å²) in [6.45, 7) is 0.858. The maximum atomic E-state index is 11.8. The van der Waals surface area contributed by atoms with E-state index in [4.69, 9.17) is 14.3 Å². The van der Waals surface area contributed by atoms with Crippen molar-refractivity contribution < 1.29 is 17.6 Å². The molecule has 142 valence electrons. The average molecular weight is 388 g/mol. The van der Waals surface area contributed by atoms with Crippen molar-refractivity contribution in [3.63, 3.8) is 0 Å². The Kier molecular flexibility index (Phi) is 5.31. The molecule has 0 atom stereocenters. The molecule has 0 saturated heterocycles. The zero-order valence-corrected chi connectivity index (χ0v) is 15.8. The van der Waals surface area contributed by atoms with Gasteiger partial charge in [-0.3, -0.25) is 0 Å². The van der Waals surface area contributed by atoms with Crippen LogP contribution in [0.3, 0.4) is 0 Å². The fourth-order valence-corrected chi connectivity index (χ4v) is 3.23. The van der Waals surface area contributed by atoms with Gasteiger partial charge in [0.05, 0.1) is 4.90 Å². The second kappa shape index (κ2) is 7.51. The molecule has 0 spiro atoms. The average Bonchev–Trinajstić information content (AvgIpc) is 2.58. The molecule has 2 N–H and O–H groups in total. The van der Waals surface area contributed by atoms with E-state index >= 15 is 0 Å². The Hall–Kier alpha value is -2.68. The van der Waals surface area contributed by atoms with Gasteiger partial charge in [0.2, 0.25) is 10.0 Å². The first kappa shape index (κ1) is 19.1. The molecule has 0 fully saturated rings. The van der Waals surface area contributed by atoms with Gasteiger partial charge in [-0.05, 0) is 49.5 Å². The standard InChI is InChI=1S/C19H20N2O5S/c1-21(2)11-14-9-19(22)26-18-10-15(5-8-17(14)18)25-12-13-3-6-16(7-4-13)27(20,23)24/h3-10H,11-12H2,1-2H3,(H2,20,23,24). The molecule has 0 radical (unpaired) electrons. The molecular formula is C19H20N2O5S. The third-order valence-corrected chi connectivity index (χ3v) is 4.87. The summed E-state index contributed by atoms with van der Waals surface area (Å²) < 4.78 is 33.6. The third kappa shape index (κ3) is 4.73. The predicted molar refractivity (Wildman–Crippen MR) is 102 cm³/mol. The SMILES string of the molecule is CN(C)Cc1cc(=O)oc2cc(OCc3ccc(S(N)(=O)=O)cc3)ccc12. The van der Waals surface area contributed by atoms with E-state index < -0.39 is 15.6 Å². The van der Waals surface area contributed by atoms with Crippen LogP contribution in [-0.2, 0) is 23.2 Å². The Morgan fingerprint density at radius 2 is 1.78 bits per heavy atom. The van der Waals surface area contributed by atoms with Crippen LogP contribution in [-0.4, -0.2) is 27.4 Å². The molecule has 8 heteroatoms. The van der Waals surface area contributed by atoms with E-state index in [1.165, 1.54) is 18.2 Å². The number of rotatable bonds is 6. The first-order valence-corrected chi connectivity index (χ1v) is 9.73. The van der Waals surface area contributed by atoms with Gasteiger partial charge in [0, 0.05) is 24.1 Å². The van der Waals surface area contributed by atoms with Crippen LogP contribution in [0.2, 0.25) is 0 Å². The number of sulfonamides is 1. The number of nitrogens with zero attached hydrogens (tertiary/aromatic N) is 1. The highest BCUT2D eigenvalue weighted by Crippen LogP contribution is 2.24. The van der Waals surface area contributed by atoms with Gasteiger partial charge in [-0.2, -0.15) is 0 Å². The summed E-state index contributed by atoms with van der Waals surface area (Å²) in [7, 11) is 0.145. The van der Waals surface area contributed by atoms with E-state index in [1.54, 1.807) is 24.3 Å². The van der Waals surface area contributed by atoms with Gasteiger partial charge >= 0.3 is 5.63 Å². The zero-order valence-electron chi connectivity index (χ0n) is 15.0. The van der Waals surface area contributed by atoms with E-state index in [0.717, 1.165) is 16.5 Å². The van der Waals surface area contributed by atoms with Crippen LogP contribution in [0.4, 0.5) is 0 Å². The molecule has 3 rings (SSSR count). The summed E-state index contributed by atoms with van der Waals surface area (Å²) >= 11 is 0. The van der Waals surface area contributed by atoms with Gasteiger partial charge in [0.25, 0.3) is 0 Å². The minimum absolute atomic E-state index is 0.0483. The molecule has 27 heavy (non-hydrogen) atoms. The van der Waals surface area contributed by atoms with Crippen LogP contribution in [0.15, 0.2) is 62.6 Å². The number of fused-ring (bicyclic) bond motifs is 1. The molecule has 0 saturated carbocycles. The molecule has 0 unspecified atom stereocenters. The summed E-state index contributed by atoms with van der Waals surface area (Å²) in [6.07, 6.45) is 0. The van der Waals surface area contributed by atoms with Gasteiger partial charge in [-0.15, -0.1) is 0 Å². The van der Waals surface area contributed by atoms with Crippen LogP contribution < -0.4 is 15.5 Å². The fourth-order valence-electron chi connectivity index (χ4n) is 2.71. The summed E-state index contributed by atoms with van der Waals surface area (Å²) in [6, 6.07) is 13.0. The molecule has 0 aliphatic heterocycles. The summed E-state index contributed by atoms with van der Waals surface area (Å²) in [4.78, 5) is 13.8. The van der Waals surface area contributed by atoms with Crippen molar-refractivity contribution in [2.45, 2.75) is 18.0 Å². The highest BCUT2D eigenvalue weighted by molar-refractivity contribution is 7.89. The second-order valence-corrected chi connectivity index (χ2v) is 8.03. The first-order chi connectivity index (χ1) is 12.7. The van der Waals surface area contributed by atoms with Crippen LogP contribution in [0.5, 0.6) is 5.75 Å². The number of hydrogen-bond donors (Lipinski definition) is 1. The lowest BCUT2D eigenvalue weighted by Gasteiger charge is -2.12. The van der Waals surface area contributed by atoms with Crippen molar-refractivity contribution in [1.29, 1.82) is 0 Å². The molecule has 0 aliphatic rings. The van der Waals surface area contributed by atoms with Gasteiger partial charge < -0.3 is 14.1 Å². The quantitative estimate of drug-likeness (QED) is 0.649. The number of benzene rings is 2. The summed E-state index contributed by atoms with van der Waals surface area (Å²) in [5.74, 6) is 0.545. The monoisotopic (exact) mass is 388 g/mol. The van der Waals surface area contributed by atoms with E-state index in [1.807, 2.05) is 25.1 Å². The van der Waals surface area contributed by atoms with E-state index in [-0.39, 0.29) is 11.5 Å². The van der Waals surface area contributed by atoms with Crippen molar-refractivity contribution in [2.24, 2.45) is 5.14 Å².